The topological polar surface area (TPSA) is 26.3 Å². The first-order valence-corrected chi connectivity index (χ1v) is 8.48. The zero-order valence-electron chi connectivity index (χ0n) is 12.9. The molecule has 0 heterocycles. The van der Waals surface area contributed by atoms with Gasteiger partial charge in [-0.2, -0.15) is 0 Å². The van der Waals surface area contributed by atoms with E-state index < -0.39 is 0 Å². The van der Waals surface area contributed by atoms with Crippen molar-refractivity contribution >= 4 is 16.9 Å². The van der Waals surface area contributed by atoms with Crippen LogP contribution in [0, 0.1) is 0 Å². The molecule has 1 aromatic carbocycles. The first-order valence-electron chi connectivity index (χ1n) is 7.49. The van der Waals surface area contributed by atoms with E-state index >= 15 is 0 Å². The van der Waals surface area contributed by atoms with Crippen LogP contribution in [0.5, 0.6) is 5.75 Å². The second kappa shape index (κ2) is 9.87. The van der Waals surface area contributed by atoms with Crippen molar-refractivity contribution in [3.63, 3.8) is 0 Å². The molecule has 1 unspecified atom stereocenters. The Kier molecular flexibility index (Phi) is 8.43. The monoisotopic (exact) mass is 294 g/mol. The van der Waals surface area contributed by atoms with Crippen LogP contribution in [0.25, 0.3) is 0 Å². The summed E-state index contributed by atoms with van der Waals surface area (Å²) in [5, 5.41) is 0.258. The molecule has 0 saturated carbocycles. The van der Waals surface area contributed by atoms with Crippen LogP contribution in [0.4, 0.5) is 0 Å². The fourth-order valence-electron chi connectivity index (χ4n) is 2.05. The summed E-state index contributed by atoms with van der Waals surface area (Å²) in [6, 6.07) is 7.78. The van der Waals surface area contributed by atoms with E-state index in [1.165, 1.54) is 37.4 Å². The second-order valence-electron chi connectivity index (χ2n) is 5.08. The van der Waals surface area contributed by atoms with Crippen LogP contribution in [-0.2, 0) is 4.79 Å². The van der Waals surface area contributed by atoms with Gasteiger partial charge in [-0.05, 0) is 24.1 Å². The fourth-order valence-corrected chi connectivity index (χ4v) is 2.99. The molecule has 1 atom stereocenters. The van der Waals surface area contributed by atoms with Crippen LogP contribution >= 0.6 is 11.8 Å². The minimum absolute atomic E-state index is 0.0641. The Bertz CT molecular complexity index is 404. The zero-order valence-corrected chi connectivity index (χ0v) is 13.7. The van der Waals surface area contributed by atoms with Gasteiger partial charge in [0.05, 0.1) is 13.0 Å². The molecule has 0 spiro atoms. The van der Waals surface area contributed by atoms with E-state index in [1.807, 2.05) is 31.2 Å². The maximum absolute atomic E-state index is 12.2. The Morgan fingerprint density at radius 3 is 2.70 bits per heavy atom. The van der Waals surface area contributed by atoms with Gasteiger partial charge in [0.15, 0.2) is 5.12 Å². The predicted octanol–water partition coefficient (Wildman–Crippen LogP) is 5.03. The van der Waals surface area contributed by atoms with Crippen molar-refractivity contribution < 1.29 is 9.53 Å². The average molecular weight is 294 g/mol. The van der Waals surface area contributed by atoms with Gasteiger partial charge in [-0.15, -0.1) is 0 Å². The van der Waals surface area contributed by atoms with Gasteiger partial charge in [0.25, 0.3) is 0 Å². The van der Waals surface area contributed by atoms with Crippen molar-refractivity contribution in [2.45, 2.75) is 51.9 Å². The molecule has 112 valence electrons. The molecule has 0 saturated heterocycles. The number of rotatable bonds is 9. The summed E-state index contributed by atoms with van der Waals surface area (Å²) < 4.78 is 5.20. The van der Waals surface area contributed by atoms with Crippen molar-refractivity contribution in [1.29, 1.82) is 0 Å². The summed E-state index contributed by atoms with van der Waals surface area (Å²) in [6.07, 6.45) is 6.23. The number of carbonyl (C=O) groups excluding carboxylic acids is 1. The molecule has 1 rings (SSSR count). The van der Waals surface area contributed by atoms with E-state index in [1.54, 1.807) is 7.11 Å². The molecule has 0 aliphatic heterocycles. The van der Waals surface area contributed by atoms with E-state index in [9.17, 15) is 4.79 Å². The molecule has 0 amide bonds. The lowest BCUT2D eigenvalue weighted by molar-refractivity contribution is -0.111. The summed E-state index contributed by atoms with van der Waals surface area (Å²) in [4.78, 5) is 12.2. The summed E-state index contributed by atoms with van der Waals surface area (Å²) in [6.45, 7) is 4.19. The Balaban J connectivity index is 2.34. The van der Waals surface area contributed by atoms with Gasteiger partial charge >= 0.3 is 0 Å². The van der Waals surface area contributed by atoms with Gasteiger partial charge in [0.1, 0.15) is 5.75 Å². The Morgan fingerprint density at radius 1 is 1.25 bits per heavy atom. The molecular weight excluding hydrogens is 268 g/mol. The Hall–Kier alpha value is -0.960. The number of unbranched alkanes of at least 4 members (excludes halogenated alkanes) is 4. The zero-order chi connectivity index (χ0) is 14.8. The molecule has 0 fully saturated rings. The molecule has 0 radical (unpaired) electrons. The Labute approximate surface area is 127 Å². The molecule has 0 aliphatic carbocycles. The quantitative estimate of drug-likeness (QED) is 0.598. The third-order valence-corrected chi connectivity index (χ3v) is 4.57. The summed E-state index contributed by atoms with van der Waals surface area (Å²) >= 11 is 1.47. The number of benzene rings is 1. The van der Waals surface area contributed by atoms with Crippen molar-refractivity contribution in [3.8, 4) is 5.75 Å². The number of carbonyl (C=O) groups is 1. The van der Waals surface area contributed by atoms with E-state index in [-0.39, 0.29) is 11.0 Å². The van der Waals surface area contributed by atoms with Crippen LogP contribution < -0.4 is 4.74 Å². The van der Waals surface area contributed by atoms with Gasteiger partial charge in [0, 0.05) is 5.75 Å². The highest BCUT2D eigenvalue weighted by Gasteiger charge is 2.15. The van der Waals surface area contributed by atoms with Gasteiger partial charge in [-0.25, -0.2) is 0 Å². The van der Waals surface area contributed by atoms with E-state index in [0.717, 1.165) is 23.5 Å². The van der Waals surface area contributed by atoms with Gasteiger partial charge < -0.3 is 4.74 Å². The van der Waals surface area contributed by atoms with Crippen LogP contribution in [0.15, 0.2) is 24.3 Å². The van der Waals surface area contributed by atoms with Gasteiger partial charge in [-0.1, -0.05) is 63.4 Å². The van der Waals surface area contributed by atoms with Crippen LogP contribution in [-0.4, -0.2) is 18.0 Å². The average Bonchev–Trinajstić information content (AvgIpc) is 2.49. The first-order chi connectivity index (χ1) is 9.69. The third kappa shape index (κ3) is 6.00. The molecule has 1 aromatic rings. The normalized spacial score (nSPS) is 12.2. The molecule has 0 bridgehead atoms. The third-order valence-electron chi connectivity index (χ3n) is 3.44. The van der Waals surface area contributed by atoms with Crippen LogP contribution in [0.3, 0.4) is 0 Å². The van der Waals surface area contributed by atoms with Crippen molar-refractivity contribution in [3.05, 3.63) is 29.8 Å². The number of ether oxygens (including phenoxy) is 1. The van der Waals surface area contributed by atoms with Gasteiger partial charge in [0.2, 0.25) is 0 Å². The molecule has 3 heteroatoms. The highest BCUT2D eigenvalue weighted by atomic mass is 32.2. The lowest BCUT2D eigenvalue weighted by Crippen LogP contribution is -2.06. The maximum atomic E-state index is 12.2. The number of hydrogen-bond donors (Lipinski definition) is 0. The second-order valence-corrected chi connectivity index (χ2v) is 6.18. The van der Waals surface area contributed by atoms with Crippen LogP contribution in [0.1, 0.15) is 57.4 Å². The number of methoxy groups -OCH3 is 1. The predicted molar refractivity (Wildman–Crippen MR) is 87.6 cm³/mol. The molecule has 0 N–H and O–H groups in total. The minimum Gasteiger partial charge on any atom is -0.497 e. The Morgan fingerprint density at radius 2 is 2.00 bits per heavy atom. The van der Waals surface area contributed by atoms with Crippen molar-refractivity contribution in [1.82, 2.24) is 0 Å². The number of hydrogen-bond acceptors (Lipinski definition) is 3. The highest BCUT2D eigenvalue weighted by Crippen LogP contribution is 2.25. The molecular formula is C17H26O2S. The lowest BCUT2D eigenvalue weighted by atomic mass is 10.0. The summed E-state index contributed by atoms with van der Waals surface area (Å²) in [7, 11) is 1.65. The van der Waals surface area contributed by atoms with Crippen molar-refractivity contribution in [2.75, 3.05) is 12.9 Å². The molecule has 2 nitrogen and oxygen atoms in total. The van der Waals surface area contributed by atoms with E-state index in [4.69, 9.17) is 4.74 Å². The van der Waals surface area contributed by atoms with Crippen LogP contribution in [0.2, 0.25) is 0 Å². The van der Waals surface area contributed by atoms with E-state index in [2.05, 4.69) is 6.92 Å². The number of thioether (sulfide) groups is 1. The minimum atomic E-state index is -0.0641. The largest absolute Gasteiger partial charge is 0.497 e. The maximum Gasteiger partial charge on any atom is 0.196 e. The van der Waals surface area contributed by atoms with Gasteiger partial charge in [-0.3, -0.25) is 4.79 Å². The molecule has 0 aromatic heterocycles. The summed E-state index contributed by atoms with van der Waals surface area (Å²) in [5.41, 5.74) is 1.04. The summed E-state index contributed by atoms with van der Waals surface area (Å²) in [5.74, 6) is 1.69. The van der Waals surface area contributed by atoms with Crippen molar-refractivity contribution in [2.24, 2.45) is 0 Å². The SMILES string of the molecule is CCCCCCCSC(=O)C(C)c1cccc(OC)c1. The standard InChI is InChI=1S/C17H26O2S/c1-4-5-6-7-8-12-20-17(18)14(2)15-10-9-11-16(13-15)19-3/h9-11,13-14H,4-8,12H2,1-3H3. The first kappa shape index (κ1) is 17.1. The van der Waals surface area contributed by atoms with E-state index in [0.29, 0.717) is 0 Å². The highest BCUT2D eigenvalue weighted by molar-refractivity contribution is 8.13. The molecule has 0 aliphatic rings. The smallest absolute Gasteiger partial charge is 0.196 e. The lowest BCUT2D eigenvalue weighted by Gasteiger charge is -2.11. The fraction of sp³-hybridized carbons (Fsp3) is 0.588. The molecule has 20 heavy (non-hydrogen) atoms.